The van der Waals surface area contributed by atoms with Crippen molar-refractivity contribution in [1.29, 1.82) is 0 Å². The molecular formula is C26H20N2O6. The van der Waals surface area contributed by atoms with Gasteiger partial charge in [0.2, 0.25) is 34.9 Å². The molecular weight excluding hydrogens is 436 g/mol. The fraction of sp³-hybridized carbons (Fsp3) is 0.0769. The molecule has 0 fully saturated rings. The summed E-state index contributed by atoms with van der Waals surface area (Å²) < 4.78 is 11.7. The standard InChI is InChI=1S/C26H20N2O6/c1-15(29)27-17-7-11-19(12-8-17)33-25-23(31)21-5-3-4-6-22(21)24(32)26(25)34-20-13-9-18(10-14-20)28-16(2)30/h3-14H,1-2H3,(H,27,29)(H,28,30). The molecule has 4 rings (SSSR count). The quantitative estimate of drug-likeness (QED) is 0.571. The fourth-order valence-electron chi connectivity index (χ4n) is 3.37. The molecule has 0 unspecified atom stereocenters. The Bertz CT molecular complexity index is 1220. The number of nitrogens with one attached hydrogen (secondary N) is 2. The Morgan fingerprint density at radius 2 is 0.941 bits per heavy atom. The van der Waals surface area contributed by atoms with Gasteiger partial charge in [-0.05, 0) is 48.5 Å². The molecule has 1 aliphatic carbocycles. The summed E-state index contributed by atoms with van der Waals surface area (Å²) in [6, 6.07) is 19.1. The van der Waals surface area contributed by atoms with E-state index in [0.29, 0.717) is 11.4 Å². The van der Waals surface area contributed by atoms with Crippen LogP contribution < -0.4 is 20.1 Å². The van der Waals surface area contributed by atoms with Crippen molar-refractivity contribution in [3.8, 4) is 11.5 Å². The predicted octanol–water partition coefficient (Wildman–Crippen LogP) is 4.35. The van der Waals surface area contributed by atoms with Gasteiger partial charge in [-0.15, -0.1) is 0 Å². The van der Waals surface area contributed by atoms with Gasteiger partial charge in [0.05, 0.1) is 0 Å². The molecule has 0 aliphatic heterocycles. The largest absolute Gasteiger partial charge is 0.449 e. The first-order chi connectivity index (χ1) is 16.3. The number of rotatable bonds is 6. The molecule has 0 bridgehead atoms. The summed E-state index contributed by atoms with van der Waals surface area (Å²) in [4.78, 5) is 48.9. The predicted molar refractivity (Wildman–Crippen MR) is 125 cm³/mol. The molecule has 2 N–H and O–H groups in total. The second kappa shape index (κ2) is 9.41. The smallest absolute Gasteiger partial charge is 0.233 e. The number of Topliss-reactive ketones (excluding diaryl/α,β-unsaturated/α-hetero) is 2. The van der Waals surface area contributed by atoms with Crippen LogP contribution in [0.3, 0.4) is 0 Å². The van der Waals surface area contributed by atoms with Crippen molar-refractivity contribution in [2.75, 3.05) is 10.6 Å². The van der Waals surface area contributed by atoms with E-state index in [9.17, 15) is 19.2 Å². The Labute approximate surface area is 195 Å². The van der Waals surface area contributed by atoms with E-state index in [0.717, 1.165) is 0 Å². The topological polar surface area (TPSA) is 111 Å². The van der Waals surface area contributed by atoms with Crippen molar-refractivity contribution in [2.45, 2.75) is 13.8 Å². The number of hydrogen-bond acceptors (Lipinski definition) is 6. The van der Waals surface area contributed by atoms with Crippen LogP contribution in [0.2, 0.25) is 0 Å². The van der Waals surface area contributed by atoms with Crippen molar-refractivity contribution in [3.63, 3.8) is 0 Å². The third-order valence-corrected chi connectivity index (χ3v) is 4.82. The summed E-state index contributed by atoms with van der Waals surface area (Å²) in [6.07, 6.45) is 0. The van der Waals surface area contributed by atoms with Crippen LogP contribution in [-0.4, -0.2) is 23.4 Å². The maximum Gasteiger partial charge on any atom is 0.233 e. The molecule has 0 aromatic heterocycles. The van der Waals surface area contributed by atoms with Gasteiger partial charge in [0.25, 0.3) is 0 Å². The van der Waals surface area contributed by atoms with Crippen LogP contribution in [-0.2, 0) is 9.59 Å². The Hall–Kier alpha value is -4.72. The number of fused-ring (bicyclic) bond motifs is 1. The van der Waals surface area contributed by atoms with E-state index >= 15 is 0 Å². The third kappa shape index (κ3) is 4.86. The lowest BCUT2D eigenvalue weighted by Gasteiger charge is -2.21. The number of carbonyl (C=O) groups excluding carboxylic acids is 4. The van der Waals surface area contributed by atoms with Crippen LogP contribution >= 0.6 is 0 Å². The zero-order valence-corrected chi connectivity index (χ0v) is 18.4. The molecule has 2 amide bonds. The zero-order valence-electron chi connectivity index (χ0n) is 18.4. The second-order valence-corrected chi connectivity index (χ2v) is 7.48. The van der Waals surface area contributed by atoms with Gasteiger partial charge in [-0.1, -0.05) is 24.3 Å². The summed E-state index contributed by atoms with van der Waals surface area (Å²) >= 11 is 0. The summed E-state index contributed by atoms with van der Waals surface area (Å²) in [5.41, 5.74) is 1.54. The van der Waals surface area contributed by atoms with Gasteiger partial charge in [0, 0.05) is 36.3 Å². The zero-order chi connectivity index (χ0) is 24.2. The highest BCUT2D eigenvalue weighted by atomic mass is 16.5. The Morgan fingerprint density at radius 1 is 0.588 bits per heavy atom. The average molecular weight is 456 g/mol. The number of amides is 2. The molecule has 0 saturated heterocycles. The van der Waals surface area contributed by atoms with Crippen molar-refractivity contribution in [2.24, 2.45) is 0 Å². The minimum absolute atomic E-state index is 0.214. The molecule has 3 aromatic carbocycles. The van der Waals surface area contributed by atoms with Gasteiger partial charge < -0.3 is 20.1 Å². The highest BCUT2D eigenvalue weighted by Gasteiger charge is 2.36. The highest BCUT2D eigenvalue weighted by Crippen LogP contribution is 2.31. The third-order valence-electron chi connectivity index (χ3n) is 4.82. The van der Waals surface area contributed by atoms with Gasteiger partial charge in [-0.25, -0.2) is 0 Å². The number of anilines is 2. The molecule has 1 aliphatic rings. The normalized spacial score (nSPS) is 12.6. The molecule has 0 saturated carbocycles. The molecule has 0 heterocycles. The maximum atomic E-state index is 13.2. The van der Waals surface area contributed by atoms with E-state index in [1.54, 1.807) is 72.8 Å². The first-order valence-corrected chi connectivity index (χ1v) is 10.4. The summed E-state index contributed by atoms with van der Waals surface area (Å²) in [5.74, 6) is -1.36. The lowest BCUT2D eigenvalue weighted by atomic mass is 9.92. The highest BCUT2D eigenvalue weighted by molar-refractivity contribution is 6.25. The minimum Gasteiger partial charge on any atom is -0.449 e. The molecule has 3 aromatic rings. The lowest BCUT2D eigenvalue weighted by molar-refractivity contribution is -0.115. The monoisotopic (exact) mass is 456 g/mol. The summed E-state index contributed by atoms with van der Waals surface area (Å²) in [5, 5.41) is 5.29. The van der Waals surface area contributed by atoms with Crippen molar-refractivity contribution in [1.82, 2.24) is 0 Å². The summed E-state index contributed by atoms with van der Waals surface area (Å²) in [7, 11) is 0. The van der Waals surface area contributed by atoms with Gasteiger partial charge in [0.15, 0.2) is 0 Å². The van der Waals surface area contributed by atoms with Crippen molar-refractivity contribution < 1.29 is 28.7 Å². The van der Waals surface area contributed by atoms with Crippen LogP contribution in [0.5, 0.6) is 11.5 Å². The average Bonchev–Trinajstić information content (AvgIpc) is 2.81. The number of allylic oxidation sites excluding steroid dienone is 2. The molecule has 0 spiro atoms. The first-order valence-electron chi connectivity index (χ1n) is 10.4. The number of hydrogen-bond donors (Lipinski definition) is 2. The van der Waals surface area contributed by atoms with Crippen LogP contribution in [0, 0.1) is 0 Å². The van der Waals surface area contributed by atoms with Crippen molar-refractivity contribution >= 4 is 34.8 Å². The molecule has 0 atom stereocenters. The Morgan fingerprint density at radius 3 is 1.26 bits per heavy atom. The van der Waals surface area contributed by atoms with E-state index in [2.05, 4.69) is 10.6 Å². The van der Waals surface area contributed by atoms with Gasteiger partial charge in [-0.3, -0.25) is 19.2 Å². The number of ketones is 2. The number of ether oxygens (including phenoxy) is 2. The van der Waals surface area contributed by atoms with Crippen LogP contribution in [0.1, 0.15) is 34.6 Å². The lowest BCUT2D eigenvalue weighted by Crippen LogP contribution is -2.27. The van der Waals surface area contributed by atoms with E-state index in [1.807, 2.05) is 0 Å². The fourth-order valence-corrected chi connectivity index (χ4v) is 3.37. The molecule has 8 nitrogen and oxygen atoms in total. The van der Waals surface area contributed by atoms with Crippen LogP contribution in [0.15, 0.2) is 84.3 Å². The molecule has 0 radical (unpaired) electrons. The minimum atomic E-state index is -0.494. The second-order valence-electron chi connectivity index (χ2n) is 7.48. The van der Waals surface area contributed by atoms with Gasteiger partial charge >= 0.3 is 0 Å². The van der Waals surface area contributed by atoms with Crippen molar-refractivity contribution in [3.05, 3.63) is 95.4 Å². The van der Waals surface area contributed by atoms with E-state index in [4.69, 9.17) is 9.47 Å². The SMILES string of the molecule is CC(=O)Nc1ccc(OC2=C(Oc3ccc(NC(C)=O)cc3)C(=O)c3ccccc3C2=O)cc1. The Kier molecular flexibility index (Phi) is 6.22. The Balaban J connectivity index is 1.69. The van der Waals surface area contributed by atoms with Gasteiger partial charge in [-0.2, -0.15) is 0 Å². The van der Waals surface area contributed by atoms with E-state index in [-0.39, 0.29) is 46.0 Å². The van der Waals surface area contributed by atoms with Crippen LogP contribution in [0.4, 0.5) is 11.4 Å². The maximum absolute atomic E-state index is 13.2. The van der Waals surface area contributed by atoms with E-state index < -0.39 is 11.6 Å². The summed E-state index contributed by atoms with van der Waals surface area (Å²) in [6.45, 7) is 2.79. The molecule has 34 heavy (non-hydrogen) atoms. The number of carbonyl (C=O) groups is 4. The first kappa shape index (κ1) is 22.5. The number of benzene rings is 3. The van der Waals surface area contributed by atoms with E-state index in [1.165, 1.54) is 13.8 Å². The van der Waals surface area contributed by atoms with Gasteiger partial charge in [0.1, 0.15) is 11.5 Å². The molecule has 170 valence electrons. The molecule has 8 heteroatoms. The van der Waals surface area contributed by atoms with Crippen LogP contribution in [0.25, 0.3) is 0 Å².